The summed E-state index contributed by atoms with van der Waals surface area (Å²) in [6, 6.07) is 11.4. The van der Waals surface area contributed by atoms with E-state index < -0.39 is 20.2 Å². The highest BCUT2D eigenvalue weighted by Crippen LogP contribution is 2.21. The summed E-state index contributed by atoms with van der Waals surface area (Å²) in [5, 5.41) is 9.33. The molecule has 3 rings (SSSR count). The van der Waals surface area contributed by atoms with Crippen LogP contribution in [0.15, 0.2) is 70.7 Å². The van der Waals surface area contributed by atoms with Crippen molar-refractivity contribution in [2.45, 2.75) is 9.79 Å². The van der Waals surface area contributed by atoms with Crippen molar-refractivity contribution in [3.63, 3.8) is 0 Å². The van der Waals surface area contributed by atoms with Crippen LogP contribution in [0.2, 0.25) is 0 Å². The number of nitrogens with one attached hydrogen (secondary N) is 1. The molecule has 0 amide bonds. The van der Waals surface area contributed by atoms with Crippen molar-refractivity contribution in [2.75, 3.05) is 0 Å². The van der Waals surface area contributed by atoms with Gasteiger partial charge in [-0.3, -0.25) is 9.11 Å². The fourth-order valence-corrected chi connectivity index (χ4v) is 3.42. The lowest BCUT2D eigenvalue weighted by Crippen LogP contribution is -2.01. The van der Waals surface area contributed by atoms with Gasteiger partial charge in [0.15, 0.2) is 0 Å². The van der Waals surface area contributed by atoms with E-state index in [1.165, 1.54) is 48.6 Å². The van der Waals surface area contributed by atoms with Gasteiger partial charge in [0.2, 0.25) is 0 Å². The van der Waals surface area contributed by atoms with Crippen molar-refractivity contribution in [2.24, 2.45) is 0 Å². The molecule has 0 bridgehead atoms. The Kier molecular flexibility index (Phi) is 6.58. The summed E-state index contributed by atoms with van der Waals surface area (Å²) < 4.78 is 63.4. The van der Waals surface area contributed by atoms with Crippen LogP contribution in [0.1, 0.15) is 11.1 Å². The van der Waals surface area contributed by atoms with E-state index in [9.17, 15) is 16.8 Å². The fourth-order valence-electron chi connectivity index (χ4n) is 2.05. The Balaban J connectivity index is 0.000000451. The number of nitrogens with zero attached hydrogens (tertiary/aromatic N) is 2. The molecule has 0 saturated heterocycles. The zero-order valence-corrected chi connectivity index (χ0v) is 15.3. The van der Waals surface area contributed by atoms with E-state index in [0.29, 0.717) is 0 Å². The van der Waals surface area contributed by atoms with Crippen LogP contribution < -0.4 is 0 Å². The van der Waals surface area contributed by atoms with Crippen molar-refractivity contribution in [1.82, 2.24) is 15.4 Å². The van der Waals surface area contributed by atoms with Crippen molar-refractivity contribution < 1.29 is 25.9 Å². The van der Waals surface area contributed by atoms with Gasteiger partial charge in [0.05, 0.1) is 12.4 Å². The molecule has 0 saturated carbocycles. The maximum absolute atomic E-state index is 11.3. The zero-order chi connectivity index (χ0) is 19.9. The van der Waals surface area contributed by atoms with Crippen LogP contribution in [-0.4, -0.2) is 41.4 Å². The van der Waals surface area contributed by atoms with Crippen molar-refractivity contribution in [3.8, 4) is 0 Å². The second-order valence-electron chi connectivity index (χ2n) is 5.02. The van der Waals surface area contributed by atoms with Gasteiger partial charge in [-0.1, -0.05) is 48.6 Å². The molecule has 9 nitrogen and oxygen atoms in total. The molecule has 11 heteroatoms. The Morgan fingerprint density at radius 3 is 1.37 bits per heavy atom. The van der Waals surface area contributed by atoms with Crippen LogP contribution in [0, 0.1) is 0 Å². The van der Waals surface area contributed by atoms with E-state index in [1.54, 1.807) is 24.5 Å². The van der Waals surface area contributed by atoms with Gasteiger partial charge in [-0.25, -0.2) is 0 Å². The first-order valence-corrected chi connectivity index (χ1v) is 10.2. The average molecular weight is 409 g/mol. The molecule has 0 unspecified atom stereocenters. The van der Waals surface area contributed by atoms with Crippen LogP contribution in [-0.2, 0) is 20.2 Å². The third-order valence-electron chi connectivity index (χ3n) is 3.17. The number of H-pyrrole nitrogens is 1. The topological polar surface area (TPSA) is 150 Å². The molecule has 1 heterocycles. The van der Waals surface area contributed by atoms with E-state index >= 15 is 0 Å². The number of hydrogen-bond donors (Lipinski definition) is 3. The van der Waals surface area contributed by atoms with E-state index in [-0.39, 0.29) is 20.9 Å². The third-order valence-corrected chi connectivity index (χ3v) is 5.02. The maximum atomic E-state index is 11.3. The third kappa shape index (κ3) is 6.11. The Hall–Kier alpha value is -2.86. The predicted octanol–water partition coefficient (Wildman–Crippen LogP) is 2.16. The molecule has 142 valence electrons. The lowest BCUT2D eigenvalue weighted by Gasteiger charge is -2.04. The van der Waals surface area contributed by atoms with E-state index in [0.717, 1.165) is 0 Å². The SMILES string of the molecule is O=S(=O)(O)c1ccccc1C=Cc1ccccc1S(=O)(=O)O.c1cn[nH]n1. The first kappa shape index (κ1) is 20.5. The molecular formula is C16H15N3O6S2. The minimum absolute atomic E-state index is 0.190. The molecule has 2 aromatic carbocycles. The molecule has 27 heavy (non-hydrogen) atoms. The van der Waals surface area contributed by atoms with Gasteiger partial charge in [0.1, 0.15) is 9.79 Å². The van der Waals surface area contributed by atoms with Gasteiger partial charge in [-0.15, -0.1) is 0 Å². The number of hydrogen-bond acceptors (Lipinski definition) is 6. The monoisotopic (exact) mass is 409 g/mol. The van der Waals surface area contributed by atoms with E-state index in [2.05, 4.69) is 15.4 Å². The normalized spacial score (nSPS) is 11.8. The van der Waals surface area contributed by atoms with Crippen LogP contribution in [0.4, 0.5) is 0 Å². The first-order chi connectivity index (χ1) is 12.7. The molecule has 3 N–H and O–H groups in total. The highest BCUT2D eigenvalue weighted by Gasteiger charge is 2.14. The smallest absolute Gasteiger partial charge is 0.282 e. The van der Waals surface area contributed by atoms with Crippen molar-refractivity contribution >= 4 is 32.4 Å². The Labute approximate surface area is 155 Å². The second kappa shape index (κ2) is 8.68. The second-order valence-corrected chi connectivity index (χ2v) is 7.80. The molecule has 0 aliphatic heterocycles. The average Bonchev–Trinajstić information content (AvgIpc) is 3.19. The quantitative estimate of drug-likeness (QED) is 0.438. The maximum Gasteiger partial charge on any atom is 0.295 e. The molecule has 0 atom stereocenters. The summed E-state index contributed by atoms with van der Waals surface area (Å²) in [6.45, 7) is 0. The van der Waals surface area contributed by atoms with E-state index in [1.807, 2.05) is 0 Å². The molecular weight excluding hydrogens is 394 g/mol. The van der Waals surface area contributed by atoms with Gasteiger partial charge in [0, 0.05) is 0 Å². The molecule has 1 aromatic heterocycles. The fraction of sp³-hybridized carbons (Fsp3) is 0. The van der Waals surface area contributed by atoms with E-state index in [4.69, 9.17) is 9.11 Å². The molecule has 0 radical (unpaired) electrons. The highest BCUT2D eigenvalue weighted by atomic mass is 32.2. The predicted molar refractivity (Wildman–Crippen MR) is 97.8 cm³/mol. The van der Waals surface area contributed by atoms with Crippen LogP contribution >= 0.6 is 0 Å². The van der Waals surface area contributed by atoms with Crippen molar-refractivity contribution in [1.29, 1.82) is 0 Å². The standard InChI is InChI=1S/C14H12O6S2.C2H3N3/c15-21(16,17)13-7-3-1-5-11(13)9-10-12-6-2-4-8-14(12)22(18,19)20;1-2-4-5-3-1/h1-10H,(H,15,16,17)(H,18,19,20);1-2H,(H,3,4,5). The highest BCUT2D eigenvalue weighted by molar-refractivity contribution is 7.86. The number of aromatic amines is 1. The molecule has 0 aliphatic carbocycles. The molecule has 0 aliphatic rings. The molecule has 3 aromatic rings. The van der Waals surface area contributed by atoms with Gasteiger partial charge >= 0.3 is 0 Å². The van der Waals surface area contributed by atoms with Gasteiger partial charge in [0.25, 0.3) is 20.2 Å². The number of aromatic nitrogens is 3. The summed E-state index contributed by atoms with van der Waals surface area (Å²) in [6.07, 6.45) is 5.85. The summed E-state index contributed by atoms with van der Waals surface area (Å²) in [4.78, 5) is -0.592. The van der Waals surface area contributed by atoms with Gasteiger partial charge in [-0.2, -0.15) is 32.2 Å². The van der Waals surface area contributed by atoms with Gasteiger partial charge in [-0.05, 0) is 23.3 Å². The summed E-state index contributed by atoms with van der Waals surface area (Å²) in [7, 11) is -8.79. The Morgan fingerprint density at radius 2 is 1.07 bits per heavy atom. The van der Waals surface area contributed by atoms with Crippen LogP contribution in [0.5, 0.6) is 0 Å². The summed E-state index contributed by atoms with van der Waals surface area (Å²) >= 11 is 0. The number of rotatable bonds is 4. The Morgan fingerprint density at radius 1 is 0.704 bits per heavy atom. The largest absolute Gasteiger partial charge is 0.295 e. The molecule has 0 spiro atoms. The first-order valence-electron chi connectivity index (χ1n) is 7.30. The minimum atomic E-state index is -4.40. The summed E-state index contributed by atoms with van der Waals surface area (Å²) in [5.74, 6) is 0. The van der Waals surface area contributed by atoms with Crippen molar-refractivity contribution in [3.05, 3.63) is 72.1 Å². The van der Waals surface area contributed by atoms with Crippen LogP contribution in [0.25, 0.3) is 12.2 Å². The summed E-state index contributed by atoms with van der Waals surface area (Å²) in [5.41, 5.74) is 0.380. The van der Waals surface area contributed by atoms with Crippen LogP contribution in [0.3, 0.4) is 0 Å². The zero-order valence-electron chi connectivity index (χ0n) is 13.7. The lowest BCUT2D eigenvalue weighted by atomic mass is 10.1. The number of benzene rings is 2. The molecule has 0 fully saturated rings. The lowest BCUT2D eigenvalue weighted by molar-refractivity contribution is 0.480. The minimum Gasteiger partial charge on any atom is -0.282 e. The Bertz CT molecular complexity index is 1030. The van der Waals surface area contributed by atoms with Gasteiger partial charge < -0.3 is 0 Å².